The number of hydrogen-bond donors (Lipinski definition) is 1. The molecule has 0 atom stereocenters. The molecule has 0 aliphatic carbocycles. The molecule has 5 nitrogen and oxygen atoms in total. The molecule has 0 amide bonds. The zero-order chi connectivity index (χ0) is 12.3. The molecule has 0 saturated heterocycles. The second-order valence-corrected chi connectivity index (χ2v) is 4.02. The highest BCUT2D eigenvalue weighted by Gasteiger charge is 2.05. The molecular formula is C12H17N5. The number of anilines is 2. The molecule has 2 rings (SSSR count). The second kappa shape index (κ2) is 4.86. The van der Waals surface area contributed by atoms with Crippen LogP contribution in [0.4, 0.5) is 11.4 Å². The number of hydrogen-bond acceptors (Lipinski definition) is 4. The van der Waals surface area contributed by atoms with Crippen molar-refractivity contribution >= 4 is 11.4 Å². The van der Waals surface area contributed by atoms with Crippen LogP contribution < -0.4 is 10.6 Å². The quantitative estimate of drug-likeness (QED) is 0.861. The molecule has 0 spiro atoms. The zero-order valence-electron chi connectivity index (χ0n) is 10.2. The van der Waals surface area contributed by atoms with Crippen molar-refractivity contribution in [1.82, 2.24) is 14.5 Å². The van der Waals surface area contributed by atoms with Gasteiger partial charge < -0.3 is 15.2 Å². The number of pyridine rings is 1. The van der Waals surface area contributed by atoms with Crippen molar-refractivity contribution in [3.8, 4) is 0 Å². The van der Waals surface area contributed by atoms with Gasteiger partial charge in [0.2, 0.25) is 0 Å². The first-order chi connectivity index (χ1) is 8.18. The number of aromatic nitrogens is 3. The van der Waals surface area contributed by atoms with E-state index in [1.807, 2.05) is 32.4 Å². The first kappa shape index (κ1) is 11.4. The summed E-state index contributed by atoms with van der Waals surface area (Å²) in [4.78, 5) is 10.3. The van der Waals surface area contributed by atoms with Crippen molar-refractivity contribution in [3.05, 3.63) is 36.7 Å². The molecule has 0 aliphatic heterocycles. The van der Waals surface area contributed by atoms with E-state index in [2.05, 4.69) is 19.4 Å². The van der Waals surface area contributed by atoms with E-state index in [9.17, 15) is 0 Å². The topological polar surface area (TPSA) is 60.0 Å². The van der Waals surface area contributed by atoms with Gasteiger partial charge in [0.05, 0.1) is 17.6 Å². The number of imidazole rings is 1. The predicted octanol–water partition coefficient (Wildman–Crippen LogP) is 1.31. The monoisotopic (exact) mass is 231 g/mol. The number of aryl methyl sites for hydroxylation is 1. The third kappa shape index (κ3) is 2.55. The molecule has 2 N–H and O–H groups in total. The normalized spacial score (nSPS) is 10.5. The number of rotatable bonds is 4. The van der Waals surface area contributed by atoms with Gasteiger partial charge in [-0.1, -0.05) is 0 Å². The average Bonchev–Trinajstić information content (AvgIpc) is 2.72. The van der Waals surface area contributed by atoms with Gasteiger partial charge in [-0.2, -0.15) is 0 Å². The minimum atomic E-state index is 0.706. The van der Waals surface area contributed by atoms with E-state index in [-0.39, 0.29) is 0 Å². The molecule has 2 aromatic rings. The third-order valence-electron chi connectivity index (χ3n) is 2.84. The summed E-state index contributed by atoms with van der Waals surface area (Å²) in [6.45, 7) is 3.77. The van der Waals surface area contributed by atoms with Crippen LogP contribution in [0, 0.1) is 6.92 Å². The lowest BCUT2D eigenvalue weighted by molar-refractivity contribution is 0.665. The first-order valence-electron chi connectivity index (χ1n) is 5.57. The fraction of sp³-hybridized carbons (Fsp3) is 0.333. The van der Waals surface area contributed by atoms with Gasteiger partial charge in [0.1, 0.15) is 5.82 Å². The highest BCUT2D eigenvalue weighted by Crippen LogP contribution is 2.19. The largest absolute Gasteiger partial charge is 0.396 e. The summed E-state index contributed by atoms with van der Waals surface area (Å²) in [6.07, 6.45) is 7.23. The zero-order valence-corrected chi connectivity index (χ0v) is 10.2. The molecule has 0 radical (unpaired) electrons. The minimum absolute atomic E-state index is 0.706. The first-order valence-corrected chi connectivity index (χ1v) is 5.57. The number of nitrogens with two attached hydrogens (primary N) is 1. The van der Waals surface area contributed by atoms with Crippen LogP contribution in [0.2, 0.25) is 0 Å². The number of likely N-dealkylation sites (N-methyl/N-ethyl adjacent to an activating group) is 1. The van der Waals surface area contributed by atoms with Crippen LogP contribution in [-0.4, -0.2) is 28.1 Å². The maximum Gasteiger partial charge on any atom is 0.105 e. The second-order valence-electron chi connectivity index (χ2n) is 4.02. The van der Waals surface area contributed by atoms with Crippen molar-refractivity contribution in [2.24, 2.45) is 0 Å². The van der Waals surface area contributed by atoms with Gasteiger partial charge in [-0.05, 0) is 13.0 Å². The van der Waals surface area contributed by atoms with Crippen molar-refractivity contribution in [2.45, 2.75) is 13.5 Å². The SMILES string of the molecule is Cc1nccn1CCN(C)c1ccncc1N. The number of nitrogens with zero attached hydrogens (tertiary/aromatic N) is 4. The molecule has 2 aromatic heterocycles. The maximum atomic E-state index is 5.88. The van der Waals surface area contributed by atoms with Crippen LogP contribution in [-0.2, 0) is 6.54 Å². The summed E-state index contributed by atoms with van der Waals surface area (Å²) in [7, 11) is 2.03. The fourth-order valence-electron chi connectivity index (χ4n) is 1.77. The van der Waals surface area contributed by atoms with Gasteiger partial charge in [0.15, 0.2) is 0 Å². The molecule has 0 unspecified atom stereocenters. The Kier molecular flexibility index (Phi) is 3.27. The van der Waals surface area contributed by atoms with Crippen LogP contribution in [0.25, 0.3) is 0 Å². The van der Waals surface area contributed by atoms with Crippen LogP contribution in [0.5, 0.6) is 0 Å². The Hall–Kier alpha value is -2.04. The van der Waals surface area contributed by atoms with Crippen LogP contribution in [0.15, 0.2) is 30.9 Å². The Morgan fingerprint density at radius 3 is 2.88 bits per heavy atom. The molecule has 0 aliphatic rings. The lowest BCUT2D eigenvalue weighted by Gasteiger charge is -2.21. The summed E-state index contributed by atoms with van der Waals surface area (Å²) < 4.78 is 2.12. The lowest BCUT2D eigenvalue weighted by Crippen LogP contribution is -2.23. The van der Waals surface area contributed by atoms with Crippen LogP contribution in [0.1, 0.15) is 5.82 Å². The highest BCUT2D eigenvalue weighted by molar-refractivity contribution is 5.65. The molecule has 0 bridgehead atoms. The van der Waals surface area contributed by atoms with Crippen LogP contribution >= 0.6 is 0 Å². The van der Waals surface area contributed by atoms with Crippen molar-refractivity contribution < 1.29 is 0 Å². The maximum absolute atomic E-state index is 5.88. The molecular weight excluding hydrogens is 214 g/mol. The Labute approximate surface area is 101 Å². The lowest BCUT2D eigenvalue weighted by atomic mass is 10.3. The molecule has 5 heteroatoms. The van der Waals surface area contributed by atoms with E-state index >= 15 is 0 Å². The van der Waals surface area contributed by atoms with E-state index in [0.717, 1.165) is 24.6 Å². The standard InChI is InChI=1S/C12H17N5/c1-10-15-5-6-17(10)8-7-16(2)12-3-4-14-9-11(12)13/h3-6,9H,7-8,13H2,1-2H3. The molecule has 0 saturated carbocycles. The van der Waals surface area contributed by atoms with E-state index in [4.69, 9.17) is 5.73 Å². The van der Waals surface area contributed by atoms with E-state index in [1.165, 1.54) is 0 Å². The predicted molar refractivity (Wildman–Crippen MR) is 68.9 cm³/mol. The molecule has 17 heavy (non-hydrogen) atoms. The van der Waals surface area contributed by atoms with Crippen molar-refractivity contribution in [1.29, 1.82) is 0 Å². The summed E-state index contributed by atoms with van der Waals surface area (Å²) in [5, 5.41) is 0. The molecule has 0 fully saturated rings. The smallest absolute Gasteiger partial charge is 0.105 e. The van der Waals surface area contributed by atoms with E-state index < -0.39 is 0 Å². The van der Waals surface area contributed by atoms with Gasteiger partial charge in [0.25, 0.3) is 0 Å². The van der Waals surface area contributed by atoms with Gasteiger partial charge in [-0.25, -0.2) is 4.98 Å². The van der Waals surface area contributed by atoms with E-state index in [1.54, 1.807) is 12.4 Å². The molecule has 2 heterocycles. The fourth-order valence-corrected chi connectivity index (χ4v) is 1.77. The van der Waals surface area contributed by atoms with Crippen molar-refractivity contribution in [3.63, 3.8) is 0 Å². The summed E-state index contributed by atoms with van der Waals surface area (Å²) in [5.41, 5.74) is 7.59. The minimum Gasteiger partial charge on any atom is -0.396 e. The number of nitrogen functional groups attached to an aromatic ring is 1. The average molecular weight is 231 g/mol. The van der Waals surface area contributed by atoms with Crippen LogP contribution in [0.3, 0.4) is 0 Å². The Morgan fingerprint density at radius 2 is 2.24 bits per heavy atom. The Bertz CT molecular complexity index is 491. The van der Waals surface area contributed by atoms with Gasteiger partial charge in [-0.3, -0.25) is 4.98 Å². The van der Waals surface area contributed by atoms with Crippen molar-refractivity contribution in [2.75, 3.05) is 24.2 Å². The van der Waals surface area contributed by atoms with Gasteiger partial charge in [-0.15, -0.1) is 0 Å². The summed E-state index contributed by atoms with van der Waals surface area (Å²) >= 11 is 0. The van der Waals surface area contributed by atoms with Gasteiger partial charge >= 0.3 is 0 Å². The Balaban J connectivity index is 2.01. The van der Waals surface area contributed by atoms with Gasteiger partial charge in [0, 0.05) is 38.7 Å². The Morgan fingerprint density at radius 1 is 1.41 bits per heavy atom. The van der Waals surface area contributed by atoms with E-state index in [0.29, 0.717) is 5.69 Å². The highest BCUT2D eigenvalue weighted by atomic mass is 15.2. The summed E-state index contributed by atoms with van der Waals surface area (Å²) in [6, 6.07) is 1.93. The molecule has 0 aromatic carbocycles. The third-order valence-corrected chi connectivity index (χ3v) is 2.84. The molecule has 90 valence electrons. The summed E-state index contributed by atoms with van der Waals surface area (Å²) in [5.74, 6) is 1.03.